The van der Waals surface area contributed by atoms with Gasteiger partial charge in [-0.15, -0.1) is 10.2 Å². The first-order chi connectivity index (χ1) is 11.9. The normalized spacial score (nSPS) is 11.7. The van der Waals surface area contributed by atoms with Gasteiger partial charge >= 0.3 is 6.18 Å². The molecule has 0 unspecified atom stereocenters. The van der Waals surface area contributed by atoms with Gasteiger partial charge in [-0.2, -0.15) is 18.4 Å². The second-order valence-electron chi connectivity index (χ2n) is 6.28. The molecule has 0 saturated carbocycles. The first-order valence-electron chi connectivity index (χ1n) is 8.52. The topological polar surface area (TPSA) is 66.5 Å². The van der Waals surface area contributed by atoms with Gasteiger partial charge in [0, 0.05) is 24.2 Å². The smallest absolute Gasteiger partial charge is 0.385 e. The van der Waals surface area contributed by atoms with E-state index in [1.807, 2.05) is 26.0 Å². The van der Waals surface area contributed by atoms with Crippen LogP contribution in [0.3, 0.4) is 0 Å². The molecule has 0 aliphatic carbocycles. The maximum absolute atomic E-state index is 12.0. The minimum Gasteiger partial charge on any atom is -0.385 e. The van der Waals surface area contributed by atoms with Crippen LogP contribution in [-0.2, 0) is 0 Å². The number of halogens is 3. The van der Waals surface area contributed by atoms with Crippen molar-refractivity contribution in [1.29, 1.82) is 0 Å². The number of benzene rings is 1. The van der Waals surface area contributed by atoms with Crippen LogP contribution in [0.1, 0.15) is 49.7 Å². The zero-order chi connectivity index (χ0) is 18.3. The molecule has 0 amide bonds. The minimum atomic E-state index is -4.02. The van der Waals surface area contributed by atoms with Crippen LogP contribution in [-0.4, -0.2) is 33.3 Å². The molecule has 1 heterocycles. The number of tetrazole rings is 1. The standard InChI is InChI=1S/C17H24F3N5/c1-12-10-14(16-22-24-25-23-16)11-13(2)15(12)21-9-7-5-3-4-6-8-17(18,19)20/h10-11,21H,3-9H2,1-2H3,(H,22,23,24,25). The van der Waals surface area contributed by atoms with Crippen LogP contribution in [0.15, 0.2) is 12.1 Å². The molecule has 0 radical (unpaired) electrons. The van der Waals surface area contributed by atoms with Gasteiger partial charge in [-0.25, -0.2) is 0 Å². The van der Waals surface area contributed by atoms with E-state index in [-0.39, 0.29) is 6.42 Å². The molecule has 1 aromatic carbocycles. The maximum Gasteiger partial charge on any atom is 0.389 e. The van der Waals surface area contributed by atoms with Gasteiger partial charge in [0.1, 0.15) is 0 Å². The van der Waals surface area contributed by atoms with Gasteiger partial charge in [0.15, 0.2) is 0 Å². The highest BCUT2D eigenvalue weighted by molar-refractivity contribution is 5.67. The summed E-state index contributed by atoms with van der Waals surface area (Å²) in [5.41, 5.74) is 4.21. The molecule has 0 aliphatic rings. The van der Waals surface area contributed by atoms with E-state index < -0.39 is 12.6 Å². The number of hydrogen-bond acceptors (Lipinski definition) is 4. The average Bonchev–Trinajstić information content (AvgIpc) is 3.05. The molecule has 0 aliphatic heterocycles. The zero-order valence-corrected chi connectivity index (χ0v) is 14.6. The summed E-state index contributed by atoms with van der Waals surface area (Å²) in [6.07, 6.45) is -1.11. The van der Waals surface area contributed by atoms with E-state index in [2.05, 4.69) is 25.9 Å². The van der Waals surface area contributed by atoms with E-state index in [4.69, 9.17) is 0 Å². The monoisotopic (exact) mass is 355 g/mol. The molecule has 0 bridgehead atoms. The zero-order valence-electron chi connectivity index (χ0n) is 14.6. The van der Waals surface area contributed by atoms with Gasteiger partial charge in [-0.1, -0.05) is 19.3 Å². The Labute approximate surface area is 145 Å². The largest absolute Gasteiger partial charge is 0.389 e. The number of alkyl halides is 3. The van der Waals surface area contributed by atoms with E-state index in [1.165, 1.54) is 0 Å². The van der Waals surface area contributed by atoms with Crippen LogP contribution in [0, 0.1) is 13.8 Å². The van der Waals surface area contributed by atoms with Crippen molar-refractivity contribution in [2.75, 3.05) is 11.9 Å². The van der Waals surface area contributed by atoms with Crippen LogP contribution >= 0.6 is 0 Å². The molecule has 2 N–H and O–H groups in total. The highest BCUT2D eigenvalue weighted by Gasteiger charge is 2.25. The SMILES string of the molecule is Cc1cc(-c2nn[nH]n2)cc(C)c1NCCCCCCCC(F)(F)F. The summed E-state index contributed by atoms with van der Waals surface area (Å²) in [5, 5.41) is 17.4. The second-order valence-corrected chi connectivity index (χ2v) is 6.28. The quantitative estimate of drug-likeness (QED) is 0.634. The third-order valence-electron chi connectivity index (χ3n) is 4.08. The number of aryl methyl sites for hydroxylation is 2. The van der Waals surface area contributed by atoms with E-state index in [0.717, 1.165) is 48.2 Å². The molecular formula is C17H24F3N5. The third kappa shape index (κ3) is 6.36. The number of nitrogens with zero attached hydrogens (tertiary/aromatic N) is 3. The van der Waals surface area contributed by atoms with Gasteiger partial charge in [0.25, 0.3) is 0 Å². The fraction of sp³-hybridized carbons (Fsp3) is 0.588. The Balaban J connectivity index is 1.72. The molecule has 0 fully saturated rings. The third-order valence-corrected chi connectivity index (χ3v) is 4.08. The lowest BCUT2D eigenvalue weighted by Crippen LogP contribution is -2.06. The fourth-order valence-corrected chi connectivity index (χ4v) is 2.85. The average molecular weight is 355 g/mol. The summed E-state index contributed by atoms with van der Waals surface area (Å²) in [4.78, 5) is 0. The van der Waals surface area contributed by atoms with Crippen molar-refractivity contribution in [3.05, 3.63) is 23.3 Å². The van der Waals surface area contributed by atoms with Crippen molar-refractivity contribution >= 4 is 5.69 Å². The highest BCUT2D eigenvalue weighted by atomic mass is 19.4. The first kappa shape index (κ1) is 19.2. The van der Waals surface area contributed by atoms with Crippen molar-refractivity contribution in [2.24, 2.45) is 0 Å². The number of nitrogens with one attached hydrogen (secondary N) is 2. The summed E-state index contributed by atoms with van der Waals surface area (Å²) in [6, 6.07) is 4.02. The number of anilines is 1. The van der Waals surface area contributed by atoms with Crippen LogP contribution in [0.2, 0.25) is 0 Å². The second kappa shape index (κ2) is 8.82. The van der Waals surface area contributed by atoms with Gasteiger partial charge in [0.05, 0.1) is 0 Å². The van der Waals surface area contributed by atoms with E-state index in [9.17, 15) is 13.2 Å². The number of aromatic amines is 1. The Bertz CT molecular complexity index is 630. The van der Waals surface area contributed by atoms with Gasteiger partial charge in [0.2, 0.25) is 5.82 Å². The van der Waals surface area contributed by atoms with Crippen molar-refractivity contribution in [1.82, 2.24) is 20.6 Å². The predicted molar refractivity (Wildman–Crippen MR) is 91.3 cm³/mol. The molecule has 8 heteroatoms. The summed E-state index contributed by atoms with van der Waals surface area (Å²) >= 11 is 0. The molecule has 0 spiro atoms. The predicted octanol–water partition coefficient (Wildman–Crippen LogP) is 4.80. The number of unbranched alkanes of at least 4 members (excludes halogenated alkanes) is 4. The lowest BCUT2D eigenvalue weighted by molar-refractivity contribution is -0.135. The lowest BCUT2D eigenvalue weighted by Gasteiger charge is -2.14. The summed E-state index contributed by atoms with van der Waals surface area (Å²) in [5.74, 6) is 0.566. The molecule has 2 aromatic rings. The lowest BCUT2D eigenvalue weighted by atomic mass is 10.0. The van der Waals surface area contributed by atoms with Gasteiger partial charge in [-0.3, -0.25) is 0 Å². The summed E-state index contributed by atoms with van der Waals surface area (Å²) in [7, 11) is 0. The van der Waals surface area contributed by atoms with Crippen LogP contribution in [0.25, 0.3) is 11.4 Å². The van der Waals surface area contributed by atoms with E-state index in [1.54, 1.807) is 0 Å². The molecule has 1 aromatic heterocycles. The van der Waals surface area contributed by atoms with Crippen molar-refractivity contribution in [2.45, 2.75) is 58.5 Å². The minimum absolute atomic E-state index is 0.229. The molecule has 0 atom stereocenters. The Morgan fingerprint density at radius 3 is 2.24 bits per heavy atom. The first-order valence-corrected chi connectivity index (χ1v) is 8.52. The molecular weight excluding hydrogens is 331 g/mol. The molecule has 138 valence electrons. The van der Waals surface area contributed by atoms with Crippen LogP contribution in [0.4, 0.5) is 18.9 Å². The van der Waals surface area contributed by atoms with E-state index in [0.29, 0.717) is 12.2 Å². The molecule has 25 heavy (non-hydrogen) atoms. The Hall–Kier alpha value is -2.12. The number of rotatable bonds is 9. The Morgan fingerprint density at radius 1 is 1.00 bits per heavy atom. The summed E-state index contributed by atoms with van der Waals surface area (Å²) < 4.78 is 36.1. The fourth-order valence-electron chi connectivity index (χ4n) is 2.85. The number of H-pyrrole nitrogens is 1. The Kier molecular flexibility index (Phi) is 6.78. The van der Waals surface area contributed by atoms with Crippen LogP contribution in [0.5, 0.6) is 0 Å². The maximum atomic E-state index is 12.0. The molecule has 2 rings (SSSR count). The number of hydrogen-bond donors (Lipinski definition) is 2. The Morgan fingerprint density at radius 2 is 1.64 bits per heavy atom. The molecule has 5 nitrogen and oxygen atoms in total. The van der Waals surface area contributed by atoms with Crippen molar-refractivity contribution in [3.63, 3.8) is 0 Å². The summed E-state index contributed by atoms with van der Waals surface area (Å²) in [6.45, 7) is 4.86. The van der Waals surface area contributed by atoms with Crippen molar-refractivity contribution in [3.8, 4) is 11.4 Å². The van der Waals surface area contributed by atoms with E-state index >= 15 is 0 Å². The molecule has 0 saturated heterocycles. The van der Waals surface area contributed by atoms with Gasteiger partial charge < -0.3 is 5.32 Å². The van der Waals surface area contributed by atoms with Crippen LogP contribution < -0.4 is 5.32 Å². The van der Waals surface area contributed by atoms with Crippen molar-refractivity contribution < 1.29 is 13.2 Å². The van der Waals surface area contributed by atoms with Gasteiger partial charge in [-0.05, 0) is 55.2 Å². The highest BCUT2D eigenvalue weighted by Crippen LogP contribution is 2.26. The number of aromatic nitrogens is 4.